The van der Waals surface area contributed by atoms with Gasteiger partial charge in [-0.05, 0) is 45.6 Å². The van der Waals surface area contributed by atoms with Crippen molar-refractivity contribution < 1.29 is 0 Å². The maximum absolute atomic E-state index is 2.67. The van der Waals surface area contributed by atoms with Crippen molar-refractivity contribution in [2.75, 3.05) is 6.54 Å². The summed E-state index contributed by atoms with van der Waals surface area (Å²) in [6.45, 7) is 10.6. The average molecular weight is 169 g/mol. The van der Waals surface area contributed by atoms with Crippen LogP contribution in [0, 0.1) is 5.92 Å². The lowest BCUT2D eigenvalue weighted by atomic mass is 10.0. The van der Waals surface area contributed by atoms with Crippen LogP contribution in [0.5, 0.6) is 0 Å². The molecule has 0 radical (unpaired) electrons. The van der Waals surface area contributed by atoms with E-state index in [0.29, 0.717) is 0 Å². The third kappa shape index (κ3) is 2.48. The fourth-order valence-electron chi connectivity index (χ4n) is 2.34. The van der Waals surface area contributed by atoms with Crippen LogP contribution in [-0.2, 0) is 0 Å². The summed E-state index contributed by atoms with van der Waals surface area (Å²) in [6.07, 6.45) is 4.23. The Labute approximate surface area is 77.1 Å². The normalized spacial score (nSPS) is 26.0. The van der Waals surface area contributed by atoms with Crippen molar-refractivity contribution in [3.05, 3.63) is 0 Å². The topological polar surface area (TPSA) is 3.24 Å². The Morgan fingerprint density at radius 3 is 2.42 bits per heavy atom. The molecule has 0 bridgehead atoms. The third-order valence-electron chi connectivity index (χ3n) is 2.83. The second-order valence-electron chi connectivity index (χ2n) is 4.76. The van der Waals surface area contributed by atoms with Crippen LogP contribution in [-0.4, -0.2) is 23.5 Å². The molecule has 0 aromatic heterocycles. The summed E-state index contributed by atoms with van der Waals surface area (Å²) in [5.41, 5.74) is 0. The van der Waals surface area contributed by atoms with Gasteiger partial charge in [-0.15, -0.1) is 0 Å². The standard InChI is InChI=1S/C11H23N/c1-9(2)8-11-6-5-7-12(11)10(3)4/h9-11H,5-8H2,1-4H3. The van der Waals surface area contributed by atoms with E-state index in [4.69, 9.17) is 0 Å². The van der Waals surface area contributed by atoms with Crippen molar-refractivity contribution in [3.8, 4) is 0 Å². The maximum Gasteiger partial charge on any atom is 0.0101 e. The first-order valence-corrected chi connectivity index (χ1v) is 5.37. The highest BCUT2D eigenvalue weighted by atomic mass is 15.2. The predicted octanol–water partition coefficient (Wildman–Crippen LogP) is 2.91. The average Bonchev–Trinajstić information content (AvgIpc) is 2.33. The van der Waals surface area contributed by atoms with Crippen LogP contribution in [0.15, 0.2) is 0 Å². The molecule has 1 fully saturated rings. The fourth-order valence-corrected chi connectivity index (χ4v) is 2.34. The number of likely N-dealkylation sites (tertiary alicyclic amines) is 1. The van der Waals surface area contributed by atoms with Gasteiger partial charge >= 0.3 is 0 Å². The van der Waals surface area contributed by atoms with E-state index in [2.05, 4.69) is 32.6 Å². The first-order chi connectivity index (χ1) is 5.61. The highest BCUT2D eigenvalue weighted by molar-refractivity contribution is 4.81. The molecule has 0 aromatic carbocycles. The Morgan fingerprint density at radius 1 is 1.25 bits per heavy atom. The summed E-state index contributed by atoms with van der Waals surface area (Å²) in [4.78, 5) is 2.67. The molecule has 1 rings (SSSR count). The quantitative estimate of drug-likeness (QED) is 0.628. The fraction of sp³-hybridized carbons (Fsp3) is 1.00. The zero-order valence-corrected chi connectivity index (χ0v) is 9.01. The Kier molecular flexibility index (Phi) is 3.57. The number of hydrogen-bond donors (Lipinski definition) is 0. The van der Waals surface area contributed by atoms with Crippen LogP contribution >= 0.6 is 0 Å². The second-order valence-corrected chi connectivity index (χ2v) is 4.76. The van der Waals surface area contributed by atoms with E-state index in [-0.39, 0.29) is 0 Å². The first kappa shape index (κ1) is 10.0. The van der Waals surface area contributed by atoms with Crippen LogP contribution in [0.2, 0.25) is 0 Å². The molecule has 0 N–H and O–H groups in total. The van der Waals surface area contributed by atoms with Crippen molar-refractivity contribution in [1.29, 1.82) is 0 Å². The minimum Gasteiger partial charge on any atom is -0.298 e. The van der Waals surface area contributed by atoms with E-state index in [1.807, 2.05) is 0 Å². The van der Waals surface area contributed by atoms with Crippen molar-refractivity contribution in [2.45, 2.75) is 59.0 Å². The predicted molar refractivity (Wildman–Crippen MR) is 54.3 cm³/mol. The zero-order chi connectivity index (χ0) is 9.14. The largest absolute Gasteiger partial charge is 0.298 e. The smallest absolute Gasteiger partial charge is 0.0101 e. The Bertz CT molecular complexity index is 129. The third-order valence-corrected chi connectivity index (χ3v) is 2.83. The molecule has 1 saturated heterocycles. The van der Waals surface area contributed by atoms with Crippen LogP contribution in [0.4, 0.5) is 0 Å². The van der Waals surface area contributed by atoms with Gasteiger partial charge in [0, 0.05) is 12.1 Å². The molecule has 0 spiro atoms. The van der Waals surface area contributed by atoms with Gasteiger partial charge in [-0.2, -0.15) is 0 Å². The summed E-state index contributed by atoms with van der Waals surface area (Å²) in [5.74, 6) is 0.856. The van der Waals surface area contributed by atoms with Gasteiger partial charge in [-0.1, -0.05) is 13.8 Å². The van der Waals surface area contributed by atoms with Gasteiger partial charge in [0.25, 0.3) is 0 Å². The van der Waals surface area contributed by atoms with E-state index in [0.717, 1.165) is 18.0 Å². The summed E-state index contributed by atoms with van der Waals surface area (Å²) >= 11 is 0. The lowest BCUT2D eigenvalue weighted by Crippen LogP contribution is -2.36. The molecular formula is C11H23N. The first-order valence-electron chi connectivity index (χ1n) is 5.37. The number of rotatable bonds is 3. The Balaban J connectivity index is 2.41. The molecule has 0 aromatic rings. The summed E-state index contributed by atoms with van der Waals surface area (Å²) in [7, 11) is 0. The summed E-state index contributed by atoms with van der Waals surface area (Å²) in [6, 6.07) is 1.63. The minimum absolute atomic E-state index is 0.747. The van der Waals surface area contributed by atoms with Gasteiger partial charge in [-0.3, -0.25) is 4.90 Å². The molecular weight excluding hydrogens is 146 g/mol. The molecule has 0 amide bonds. The van der Waals surface area contributed by atoms with E-state index >= 15 is 0 Å². The van der Waals surface area contributed by atoms with Crippen molar-refractivity contribution in [1.82, 2.24) is 4.90 Å². The highest BCUT2D eigenvalue weighted by Gasteiger charge is 2.26. The van der Waals surface area contributed by atoms with Crippen LogP contribution in [0.3, 0.4) is 0 Å². The molecule has 72 valence electrons. The lowest BCUT2D eigenvalue weighted by Gasteiger charge is -2.29. The molecule has 12 heavy (non-hydrogen) atoms. The number of nitrogens with zero attached hydrogens (tertiary/aromatic N) is 1. The van der Waals surface area contributed by atoms with Crippen molar-refractivity contribution in [2.24, 2.45) is 5.92 Å². The van der Waals surface area contributed by atoms with E-state index in [9.17, 15) is 0 Å². The summed E-state index contributed by atoms with van der Waals surface area (Å²) in [5, 5.41) is 0. The molecule has 1 heterocycles. The van der Waals surface area contributed by atoms with Gasteiger partial charge in [0.15, 0.2) is 0 Å². The Morgan fingerprint density at radius 2 is 1.92 bits per heavy atom. The van der Waals surface area contributed by atoms with E-state index in [1.54, 1.807) is 0 Å². The maximum atomic E-state index is 2.67. The van der Waals surface area contributed by atoms with Gasteiger partial charge < -0.3 is 0 Å². The molecule has 0 saturated carbocycles. The van der Waals surface area contributed by atoms with Gasteiger partial charge in [0.2, 0.25) is 0 Å². The molecule has 0 aliphatic carbocycles. The van der Waals surface area contributed by atoms with E-state index in [1.165, 1.54) is 25.8 Å². The Hall–Kier alpha value is -0.0400. The second kappa shape index (κ2) is 4.27. The number of hydrogen-bond acceptors (Lipinski definition) is 1. The molecule has 1 aliphatic heterocycles. The molecule has 1 heteroatoms. The van der Waals surface area contributed by atoms with Crippen LogP contribution < -0.4 is 0 Å². The van der Waals surface area contributed by atoms with Crippen LogP contribution in [0.25, 0.3) is 0 Å². The van der Waals surface area contributed by atoms with Gasteiger partial charge in [0.05, 0.1) is 0 Å². The molecule has 1 nitrogen and oxygen atoms in total. The molecule has 1 aliphatic rings. The zero-order valence-electron chi connectivity index (χ0n) is 9.01. The molecule has 1 atom stereocenters. The minimum atomic E-state index is 0.747. The molecule has 1 unspecified atom stereocenters. The SMILES string of the molecule is CC(C)CC1CCCN1C(C)C. The van der Waals surface area contributed by atoms with Crippen molar-refractivity contribution >= 4 is 0 Å². The van der Waals surface area contributed by atoms with Gasteiger partial charge in [-0.25, -0.2) is 0 Å². The van der Waals surface area contributed by atoms with Crippen molar-refractivity contribution in [3.63, 3.8) is 0 Å². The monoisotopic (exact) mass is 169 g/mol. The highest BCUT2D eigenvalue weighted by Crippen LogP contribution is 2.24. The lowest BCUT2D eigenvalue weighted by molar-refractivity contribution is 0.183. The summed E-state index contributed by atoms with van der Waals surface area (Å²) < 4.78 is 0. The van der Waals surface area contributed by atoms with Gasteiger partial charge in [0.1, 0.15) is 0 Å². The van der Waals surface area contributed by atoms with E-state index < -0.39 is 0 Å². The van der Waals surface area contributed by atoms with Crippen LogP contribution in [0.1, 0.15) is 47.0 Å².